The molecule has 0 aliphatic rings. The molecule has 0 atom stereocenters. The quantitative estimate of drug-likeness (QED) is 0.600. The highest BCUT2D eigenvalue weighted by molar-refractivity contribution is 7.80. The first kappa shape index (κ1) is 11.5. The Morgan fingerprint density at radius 3 is 2.80 bits per heavy atom. The van der Waals surface area contributed by atoms with E-state index in [2.05, 4.69) is 17.5 Å². The van der Waals surface area contributed by atoms with Crippen molar-refractivity contribution in [2.75, 3.05) is 6.73 Å². The van der Waals surface area contributed by atoms with E-state index in [1.165, 1.54) is 6.92 Å². The summed E-state index contributed by atoms with van der Waals surface area (Å²) in [5.41, 5.74) is 0.442. The number of para-hydroxylation sites is 1. The average molecular weight is 225 g/mol. The minimum absolute atomic E-state index is 0.0506. The Kier molecular flexibility index (Phi) is 4.05. The Morgan fingerprint density at radius 2 is 2.20 bits per heavy atom. The highest BCUT2D eigenvalue weighted by Crippen LogP contribution is 2.17. The van der Waals surface area contributed by atoms with Crippen LogP contribution in [0.5, 0.6) is 5.75 Å². The van der Waals surface area contributed by atoms with Gasteiger partial charge >= 0.3 is 0 Å². The molecule has 1 aromatic rings. The van der Waals surface area contributed by atoms with Gasteiger partial charge in [0.15, 0.2) is 11.8 Å². The van der Waals surface area contributed by atoms with Crippen molar-refractivity contribution in [2.24, 2.45) is 0 Å². The van der Waals surface area contributed by atoms with E-state index >= 15 is 0 Å². The van der Waals surface area contributed by atoms with Crippen LogP contribution in [0.25, 0.3) is 0 Å². The van der Waals surface area contributed by atoms with Gasteiger partial charge in [-0.3, -0.25) is 4.79 Å². The van der Waals surface area contributed by atoms with Crippen LogP contribution in [0.3, 0.4) is 0 Å². The fraction of sp³-hybridized carbons (Fsp3) is 0.200. The van der Waals surface area contributed by atoms with Gasteiger partial charge < -0.3 is 15.2 Å². The highest BCUT2D eigenvalue weighted by atomic mass is 32.1. The fourth-order valence-corrected chi connectivity index (χ4v) is 1.15. The second-order valence-corrected chi connectivity index (χ2v) is 3.21. The normalized spacial score (nSPS) is 9.40. The van der Waals surface area contributed by atoms with Crippen molar-refractivity contribution >= 4 is 23.2 Å². The van der Waals surface area contributed by atoms with Crippen molar-refractivity contribution in [1.29, 1.82) is 0 Å². The number of benzene rings is 1. The summed E-state index contributed by atoms with van der Waals surface area (Å²) in [5, 5.41) is 11.4. The predicted molar refractivity (Wildman–Crippen MR) is 60.1 cm³/mol. The topological polar surface area (TPSA) is 58.6 Å². The Balaban J connectivity index is 2.67. The van der Waals surface area contributed by atoms with Gasteiger partial charge in [-0.2, -0.15) is 0 Å². The van der Waals surface area contributed by atoms with Crippen LogP contribution in [-0.4, -0.2) is 22.8 Å². The van der Waals surface area contributed by atoms with Gasteiger partial charge in [-0.1, -0.05) is 12.1 Å². The second-order valence-electron chi connectivity index (χ2n) is 2.82. The van der Waals surface area contributed by atoms with Gasteiger partial charge in [-0.05, 0) is 24.4 Å². The van der Waals surface area contributed by atoms with Gasteiger partial charge in [0, 0.05) is 6.92 Å². The SMILES string of the molecule is CC(=O)NCOc1ccccc1C(O)=S. The zero-order valence-electron chi connectivity index (χ0n) is 8.19. The molecule has 0 aliphatic carbocycles. The molecule has 0 aliphatic heterocycles. The van der Waals surface area contributed by atoms with Gasteiger partial charge in [0.05, 0.1) is 5.56 Å². The summed E-state index contributed by atoms with van der Waals surface area (Å²) < 4.78 is 5.23. The first-order valence-corrected chi connectivity index (χ1v) is 4.71. The molecule has 0 fully saturated rings. The number of carbonyl (C=O) groups excluding carboxylic acids is 1. The van der Waals surface area contributed by atoms with Crippen LogP contribution < -0.4 is 10.1 Å². The molecule has 0 bridgehead atoms. The molecule has 1 aromatic carbocycles. The molecule has 0 saturated carbocycles. The lowest BCUT2D eigenvalue weighted by Gasteiger charge is -2.09. The summed E-state index contributed by atoms with van der Waals surface area (Å²) in [7, 11) is 0. The van der Waals surface area contributed by atoms with Crippen molar-refractivity contribution < 1.29 is 14.6 Å². The Bertz CT molecular complexity index is 379. The van der Waals surface area contributed by atoms with Crippen molar-refractivity contribution in [3.8, 4) is 5.75 Å². The van der Waals surface area contributed by atoms with Crippen LogP contribution in [0.1, 0.15) is 12.5 Å². The first-order valence-electron chi connectivity index (χ1n) is 4.31. The molecular formula is C10H11NO3S. The van der Waals surface area contributed by atoms with Gasteiger partial charge in [0.2, 0.25) is 5.91 Å². The summed E-state index contributed by atoms with van der Waals surface area (Å²) in [5.74, 6) is 0.262. The van der Waals surface area contributed by atoms with Crippen LogP contribution in [0.2, 0.25) is 0 Å². The lowest BCUT2D eigenvalue weighted by molar-refractivity contribution is -0.119. The van der Waals surface area contributed by atoms with Crippen LogP contribution >= 0.6 is 12.2 Å². The number of thiocarbonyl (C=S) groups is 1. The molecule has 15 heavy (non-hydrogen) atoms. The van der Waals surface area contributed by atoms with Crippen molar-refractivity contribution in [1.82, 2.24) is 5.32 Å². The number of aliphatic hydroxyl groups is 1. The number of ether oxygens (including phenoxy) is 1. The molecule has 80 valence electrons. The fourth-order valence-electron chi connectivity index (χ4n) is 0.985. The maximum Gasteiger partial charge on any atom is 0.219 e. The number of carbonyl (C=O) groups is 1. The van der Waals surface area contributed by atoms with E-state index in [-0.39, 0.29) is 17.7 Å². The first-order chi connectivity index (χ1) is 7.11. The van der Waals surface area contributed by atoms with E-state index in [0.29, 0.717) is 11.3 Å². The minimum Gasteiger partial charge on any atom is -0.498 e. The second kappa shape index (κ2) is 5.31. The third kappa shape index (κ3) is 3.55. The zero-order valence-corrected chi connectivity index (χ0v) is 9.00. The molecule has 0 saturated heterocycles. The molecular weight excluding hydrogens is 214 g/mol. The molecule has 1 rings (SSSR count). The molecule has 1 amide bonds. The smallest absolute Gasteiger partial charge is 0.219 e. The molecule has 0 spiro atoms. The number of hydrogen-bond acceptors (Lipinski definition) is 3. The van der Waals surface area contributed by atoms with E-state index in [1.807, 2.05) is 0 Å². The van der Waals surface area contributed by atoms with Crippen LogP contribution in [0.15, 0.2) is 24.3 Å². The maximum atomic E-state index is 10.6. The largest absolute Gasteiger partial charge is 0.498 e. The molecule has 0 unspecified atom stereocenters. The molecule has 2 N–H and O–H groups in total. The Morgan fingerprint density at radius 1 is 1.53 bits per heavy atom. The molecule has 0 heterocycles. The maximum absolute atomic E-state index is 10.6. The molecule has 4 nitrogen and oxygen atoms in total. The third-order valence-electron chi connectivity index (χ3n) is 1.67. The standard InChI is InChI=1S/C10H11NO3S/c1-7(12)11-6-14-9-5-3-2-4-8(9)10(13)15/h2-5H,6H2,1H3,(H,11,12)(H,13,15). The number of aliphatic hydroxyl groups excluding tert-OH is 1. The summed E-state index contributed by atoms with van der Waals surface area (Å²) in [6.07, 6.45) is 0. The van der Waals surface area contributed by atoms with Crippen LogP contribution in [0.4, 0.5) is 0 Å². The van der Waals surface area contributed by atoms with Crippen LogP contribution in [-0.2, 0) is 4.79 Å². The number of nitrogens with one attached hydrogen (secondary N) is 1. The summed E-state index contributed by atoms with van der Waals surface area (Å²) in [6, 6.07) is 6.80. The monoisotopic (exact) mass is 225 g/mol. The van der Waals surface area contributed by atoms with E-state index < -0.39 is 0 Å². The van der Waals surface area contributed by atoms with E-state index in [9.17, 15) is 9.90 Å². The summed E-state index contributed by atoms with van der Waals surface area (Å²) in [4.78, 5) is 10.6. The third-order valence-corrected chi connectivity index (χ3v) is 1.89. The number of hydrogen-bond donors (Lipinski definition) is 2. The summed E-state index contributed by atoms with van der Waals surface area (Å²) in [6.45, 7) is 1.45. The molecule has 0 radical (unpaired) electrons. The van der Waals surface area contributed by atoms with Gasteiger partial charge in [0.25, 0.3) is 0 Å². The van der Waals surface area contributed by atoms with E-state index in [1.54, 1.807) is 24.3 Å². The number of rotatable bonds is 4. The summed E-state index contributed by atoms with van der Waals surface area (Å²) >= 11 is 4.64. The van der Waals surface area contributed by atoms with Gasteiger partial charge in [-0.25, -0.2) is 0 Å². The number of amides is 1. The molecule has 5 heteroatoms. The van der Waals surface area contributed by atoms with Crippen molar-refractivity contribution in [3.05, 3.63) is 29.8 Å². The molecule has 0 aromatic heterocycles. The minimum atomic E-state index is -0.228. The average Bonchev–Trinajstić information content (AvgIpc) is 2.17. The Labute approximate surface area is 92.9 Å². The van der Waals surface area contributed by atoms with Gasteiger partial charge in [0.1, 0.15) is 5.75 Å². The predicted octanol–water partition coefficient (Wildman–Crippen LogP) is 1.39. The lowest BCUT2D eigenvalue weighted by atomic mass is 10.2. The van der Waals surface area contributed by atoms with Crippen molar-refractivity contribution in [3.63, 3.8) is 0 Å². The van der Waals surface area contributed by atoms with Gasteiger partial charge in [-0.15, -0.1) is 0 Å². The van der Waals surface area contributed by atoms with E-state index in [0.717, 1.165) is 0 Å². The Hall–Kier alpha value is -1.62. The van der Waals surface area contributed by atoms with E-state index in [4.69, 9.17) is 4.74 Å². The van der Waals surface area contributed by atoms with Crippen LogP contribution in [0, 0.1) is 0 Å². The zero-order chi connectivity index (χ0) is 11.3. The van der Waals surface area contributed by atoms with Crippen molar-refractivity contribution in [2.45, 2.75) is 6.92 Å². The highest BCUT2D eigenvalue weighted by Gasteiger charge is 2.06. The lowest BCUT2D eigenvalue weighted by Crippen LogP contribution is -2.25.